The molecule has 6 heteroatoms. The van der Waals surface area contributed by atoms with Crippen LogP contribution in [0.25, 0.3) is 0 Å². The molecule has 0 aliphatic heterocycles. The van der Waals surface area contributed by atoms with Crippen LogP contribution in [0.5, 0.6) is 11.5 Å². The van der Waals surface area contributed by atoms with Crippen LogP contribution >= 0.6 is 0 Å². The van der Waals surface area contributed by atoms with E-state index in [0.29, 0.717) is 5.75 Å². The zero-order chi connectivity index (χ0) is 10.7. The number of benzene rings is 1. The third kappa shape index (κ3) is 1.68. The van der Waals surface area contributed by atoms with Crippen molar-refractivity contribution in [1.82, 2.24) is 0 Å². The molecule has 0 fully saturated rings. The number of nitrogen functional groups attached to an aromatic ring is 1. The van der Waals surface area contributed by atoms with Gasteiger partial charge >= 0.3 is 0 Å². The van der Waals surface area contributed by atoms with Crippen LogP contribution in [0.4, 0.5) is 11.4 Å². The average molecular weight is 198 g/mol. The van der Waals surface area contributed by atoms with Crippen molar-refractivity contribution in [3.05, 3.63) is 22.2 Å². The van der Waals surface area contributed by atoms with Crippen molar-refractivity contribution in [2.45, 2.75) is 0 Å². The van der Waals surface area contributed by atoms with E-state index in [1.165, 1.54) is 26.4 Å². The van der Waals surface area contributed by atoms with E-state index in [4.69, 9.17) is 15.2 Å². The van der Waals surface area contributed by atoms with E-state index in [1.807, 2.05) is 0 Å². The maximum atomic E-state index is 10.6. The number of nitro groups is 1. The molecule has 0 bridgehead atoms. The van der Waals surface area contributed by atoms with Crippen molar-refractivity contribution < 1.29 is 14.4 Å². The van der Waals surface area contributed by atoms with E-state index < -0.39 is 4.92 Å². The minimum Gasteiger partial charge on any atom is -0.496 e. The first-order valence-electron chi connectivity index (χ1n) is 3.76. The number of hydrogen-bond donors (Lipinski definition) is 1. The Morgan fingerprint density at radius 3 is 2.43 bits per heavy atom. The molecule has 0 unspecified atom stereocenters. The van der Waals surface area contributed by atoms with Gasteiger partial charge in [-0.25, -0.2) is 0 Å². The van der Waals surface area contributed by atoms with Crippen LogP contribution in [-0.4, -0.2) is 19.1 Å². The predicted octanol–water partition coefficient (Wildman–Crippen LogP) is 1.19. The molecular formula is C8H10N2O4. The van der Waals surface area contributed by atoms with Crippen molar-refractivity contribution in [1.29, 1.82) is 0 Å². The molecule has 0 heterocycles. The monoisotopic (exact) mass is 198 g/mol. The Bertz CT molecular complexity index is 365. The van der Waals surface area contributed by atoms with Crippen LogP contribution in [0.1, 0.15) is 0 Å². The number of nitrogens with zero attached hydrogens (tertiary/aromatic N) is 1. The van der Waals surface area contributed by atoms with Crippen molar-refractivity contribution in [3.63, 3.8) is 0 Å². The second-order valence-corrected chi connectivity index (χ2v) is 2.52. The van der Waals surface area contributed by atoms with E-state index in [1.54, 1.807) is 0 Å². The first-order valence-corrected chi connectivity index (χ1v) is 3.76. The molecule has 0 atom stereocenters. The summed E-state index contributed by atoms with van der Waals surface area (Å²) in [6.45, 7) is 0. The standard InChI is InChI=1S/C8H10N2O4/c1-13-5-3-6(10(11)12)8(9)7(4-5)14-2/h3-4H,9H2,1-2H3. The second kappa shape index (κ2) is 3.82. The molecule has 14 heavy (non-hydrogen) atoms. The third-order valence-corrected chi connectivity index (χ3v) is 1.75. The number of methoxy groups -OCH3 is 2. The summed E-state index contributed by atoms with van der Waals surface area (Å²) in [4.78, 5) is 9.99. The lowest BCUT2D eigenvalue weighted by Gasteiger charge is -2.07. The van der Waals surface area contributed by atoms with Crippen molar-refractivity contribution in [3.8, 4) is 11.5 Å². The molecule has 0 amide bonds. The van der Waals surface area contributed by atoms with Crippen LogP contribution in [0.15, 0.2) is 12.1 Å². The molecule has 0 saturated carbocycles. The van der Waals surface area contributed by atoms with Gasteiger partial charge in [0.2, 0.25) is 0 Å². The predicted molar refractivity (Wildman–Crippen MR) is 50.6 cm³/mol. The molecule has 0 aliphatic rings. The highest BCUT2D eigenvalue weighted by Crippen LogP contribution is 2.35. The minimum absolute atomic E-state index is 0.00157. The molecule has 0 saturated heterocycles. The molecular weight excluding hydrogens is 188 g/mol. The van der Waals surface area contributed by atoms with Gasteiger partial charge in [-0.15, -0.1) is 0 Å². The Labute approximate surface area is 80.4 Å². The number of nitrogens with two attached hydrogens (primary N) is 1. The van der Waals surface area contributed by atoms with E-state index in [-0.39, 0.29) is 17.1 Å². The van der Waals surface area contributed by atoms with E-state index in [9.17, 15) is 10.1 Å². The van der Waals surface area contributed by atoms with Gasteiger partial charge in [0, 0.05) is 6.07 Å². The summed E-state index contributed by atoms with van der Waals surface area (Å²) in [5, 5.41) is 10.6. The fourth-order valence-electron chi connectivity index (χ4n) is 1.03. The number of anilines is 1. The van der Waals surface area contributed by atoms with Gasteiger partial charge in [-0.05, 0) is 0 Å². The minimum atomic E-state index is -0.583. The van der Waals surface area contributed by atoms with Crippen LogP contribution in [0.3, 0.4) is 0 Å². The van der Waals surface area contributed by atoms with Gasteiger partial charge < -0.3 is 15.2 Å². The quantitative estimate of drug-likeness (QED) is 0.447. The van der Waals surface area contributed by atoms with Crippen molar-refractivity contribution >= 4 is 11.4 Å². The molecule has 0 radical (unpaired) electrons. The zero-order valence-corrected chi connectivity index (χ0v) is 7.81. The van der Waals surface area contributed by atoms with Crippen LogP contribution in [-0.2, 0) is 0 Å². The van der Waals surface area contributed by atoms with Crippen molar-refractivity contribution in [2.24, 2.45) is 0 Å². The van der Waals surface area contributed by atoms with Crippen LogP contribution in [0, 0.1) is 10.1 Å². The van der Waals surface area contributed by atoms with Crippen LogP contribution in [0.2, 0.25) is 0 Å². The van der Waals surface area contributed by atoms with Gasteiger partial charge in [-0.1, -0.05) is 0 Å². The SMILES string of the molecule is COc1cc(OC)c(N)c([N+](=O)[O-])c1. The zero-order valence-electron chi connectivity index (χ0n) is 7.81. The third-order valence-electron chi connectivity index (χ3n) is 1.75. The topological polar surface area (TPSA) is 87.6 Å². The Hall–Kier alpha value is -1.98. The fourth-order valence-corrected chi connectivity index (χ4v) is 1.03. The molecule has 76 valence electrons. The van der Waals surface area contributed by atoms with Crippen LogP contribution < -0.4 is 15.2 Å². The highest BCUT2D eigenvalue weighted by atomic mass is 16.6. The normalized spacial score (nSPS) is 9.57. The molecule has 0 spiro atoms. The molecule has 0 aromatic heterocycles. The van der Waals surface area contributed by atoms with Gasteiger partial charge in [0.1, 0.15) is 5.75 Å². The molecule has 1 rings (SSSR count). The Kier molecular flexibility index (Phi) is 2.76. The summed E-state index contributed by atoms with van der Waals surface area (Å²) in [7, 11) is 2.80. The highest BCUT2D eigenvalue weighted by Gasteiger charge is 2.17. The fraction of sp³-hybridized carbons (Fsp3) is 0.250. The first kappa shape index (κ1) is 10.1. The van der Waals surface area contributed by atoms with E-state index in [0.717, 1.165) is 0 Å². The van der Waals surface area contributed by atoms with Gasteiger partial charge in [0.05, 0.1) is 25.2 Å². The summed E-state index contributed by atoms with van der Waals surface area (Å²) in [5.41, 5.74) is 5.27. The number of hydrogen-bond acceptors (Lipinski definition) is 5. The molecule has 6 nitrogen and oxygen atoms in total. The smallest absolute Gasteiger partial charge is 0.299 e. The lowest BCUT2D eigenvalue weighted by molar-refractivity contribution is -0.384. The summed E-state index contributed by atoms with van der Waals surface area (Å²) in [5.74, 6) is 0.568. The summed E-state index contributed by atoms with van der Waals surface area (Å²) in [6, 6.07) is 2.74. The maximum absolute atomic E-state index is 10.6. The number of nitro benzene ring substituents is 1. The Morgan fingerprint density at radius 2 is 2.00 bits per heavy atom. The lowest BCUT2D eigenvalue weighted by atomic mass is 10.2. The van der Waals surface area contributed by atoms with E-state index in [2.05, 4.69) is 0 Å². The van der Waals surface area contributed by atoms with Gasteiger partial charge in [-0.2, -0.15) is 0 Å². The second-order valence-electron chi connectivity index (χ2n) is 2.52. The summed E-state index contributed by atoms with van der Waals surface area (Å²) in [6.07, 6.45) is 0. The largest absolute Gasteiger partial charge is 0.496 e. The molecule has 1 aromatic carbocycles. The Balaban J connectivity index is 3.34. The summed E-state index contributed by atoms with van der Waals surface area (Å²) < 4.78 is 9.73. The highest BCUT2D eigenvalue weighted by molar-refractivity contribution is 5.69. The van der Waals surface area contributed by atoms with Gasteiger partial charge in [0.15, 0.2) is 11.4 Å². The number of rotatable bonds is 3. The van der Waals surface area contributed by atoms with Crippen molar-refractivity contribution in [2.75, 3.05) is 20.0 Å². The Morgan fingerprint density at radius 1 is 1.36 bits per heavy atom. The summed E-state index contributed by atoms with van der Waals surface area (Å²) >= 11 is 0. The number of ether oxygens (including phenoxy) is 2. The molecule has 1 aromatic rings. The first-order chi connectivity index (χ1) is 6.60. The van der Waals surface area contributed by atoms with E-state index >= 15 is 0 Å². The van der Waals surface area contributed by atoms with Gasteiger partial charge in [0.25, 0.3) is 5.69 Å². The molecule has 2 N–H and O–H groups in total. The maximum Gasteiger partial charge on any atom is 0.299 e. The van der Waals surface area contributed by atoms with Gasteiger partial charge in [-0.3, -0.25) is 10.1 Å². The average Bonchev–Trinajstić information content (AvgIpc) is 2.17. The molecule has 0 aliphatic carbocycles. The lowest BCUT2D eigenvalue weighted by Crippen LogP contribution is -1.99.